The first-order valence-corrected chi connectivity index (χ1v) is 6.83. The molecule has 0 bridgehead atoms. The number of carbonyl (C=O) groups is 1. The van der Waals surface area contributed by atoms with Gasteiger partial charge in [0, 0.05) is 23.1 Å². The Hall–Kier alpha value is -2.46. The molecule has 3 aromatic rings. The molecule has 1 N–H and O–H groups in total. The maximum absolute atomic E-state index is 12.0. The molecule has 0 saturated heterocycles. The van der Waals surface area contributed by atoms with Gasteiger partial charge in [0.2, 0.25) is 5.91 Å². The van der Waals surface area contributed by atoms with Crippen LogP contribution in [0.25, 0.3) is 11.0 Å². The van der Waals surface area contributed by atoms with E-state index < -0.39 is 0 Å². The highest BCUT2D eigenvalue weighted by Gasteiger charge is 2.05. The second-order valence-electron chi connectivity index (χ2n) is 4.61. The first-order valence-electron chi connectivity index (χ1n) is 6.46. The Morgan fingerprint density at radius 1 is 1.05 bits per heavy atom. The quantitative estimate of drug-likeness (QED) is 0.805. The van der Waals surface area contributed by atoms with E-state index in [2.05, 4.69) is 15.3 Å². The zero-order valence-corrected chi connectivity index (χ0v) is 11.8. The Labute approximate surface area is 126 Å². The van der Waals surface area contributed by atoms with Crippen LogP contribution in [0.15, 0.2) is 54.9 Å². The minimum absolute atomic E-state index is 0.0968. The number of amides is 1. The lowest BCUT2D eigenvalue weighted by molar-refractivity contribution is -0.115. The monoisotopic (exact) mass is 297 g/mol. The maximum Gasteiger partial charge on any atom is 0.228 e. The number of aromatic nitrogens is 2. The summed E-state index contributed by atoms with van der Waals surface area (Å²) in [5.74, 6) is -0.0968. The Balaban J connectivity index is 1.74. The molecular weight excluding hydrogens is 286 g/mol. The first-order chi connectivity index (χ1) is 10.2. The molecule has 0 spiro atoms. The molecule has 0 aliphatic heterocycles. The van der Waals surface area contributed by atoms with Crippen molar-refractivity contribution in [2.75, 3.05) is 5.32 Å². The van der Waals surface area contributed by atoms with Crippen molar-refractivity contribution >= 4 is 34.2 Å². The fourth-order valence-corrected chi connectivity index (χ4v) is 2.29. The van der Waals surface area contributed by atoms with Crippen molar-refractivity contribution in [3.05, 3.63) is 65.4 Å². The highest BCUT2D eigenvalue weighted by Crippen LogP contribution is 2.16. The van der Waals surface area contributed by atoms with E-state index in [1.54, 1.807) is 30.6 Å². The van der Waals surface area contributed by atoms with Gasteiger partial charge in [-0.1, -0.05) is 23.7 Å². The van der Waals surface area contributed by atoms with E-state index in [1.807, 2.05) is 24.3 Å². The highest BCUT2D eigenvalue weighted by atomic mass is 35.5. The predicted octanol–water partition coefficient (Wildman–Crippen LogP) is 3.46. The van der Waals surface area contributed by atoms with Gasteiger partial charge in [0.25, 0.3) is 0 Å². The minimum Gasteiger partial charge on any atom is -0.326 e. The third-order valence-corrected chi connectivity index (χ3v) is 3.24. The van der Waals surface area contributed by atoms with Gasteiger partial charge in [0.05, 0.1) is 17.5 Å². The number of nitrogens with zero attached hydrogens (tertiary/aromatic N) is 2. The molecule has 4 nitrogen and oxygen atoms in total. The molecule has 3 rings (SSSR count). The van der Waals surface area contributed by atoms with E-state index in [0.717, 1.165) is 16.6 Å². The molecule has 1 heterocycles. The van der Waals surface area contributed by atoms with Crippen LogP contribution >= 0.6 is 11.6 Å². The number of halogens is 1. The average molecular weight is 298 g/mol. The van der Waals surface area contributed by atoms with Gasteiger partial charge in [0.1, 0.15) is 0 Å². The van der Waals surface area contributed by atoms with Gasteiger partial charge in [-0.15, -0.1) is 0 Å². The van der Waals surface area contributed by atoms with E-state index in [0.29, 0.717) is 10.7 Å². The molecule has 21 heavy (non-hydrogen) atoms. The van der Waals surface area contributed by atoms with Gasteiger partial charge in [0.15, 0.2) is 0 Å². The largest absolute Gasteiger partial charge is 0.326 e. The summed E-state index contributed by atoms with van der Waals surface area (Å²) >= 11 is 5.91. The summed E-state index contributed by atoms with van der Waals surface area (Å²) in [4.78, 5) is 20.4. The van der Waals surface area contributed by atoms with Crippen LogP contribution in [0.3, 0.4) is 0 Å². The molecule has 0 fully saturated rings. The number of carbonyl (C=O) groups excluding carboxylic acids is 1. The van der Waals surface area contributed by atoms with Crippen LogP contribution in [0.4, 0.5) is 5.69 Å². The Morgan fingerprint density at radius 2 is 1.86 bits per heavy atom. The van der Waals surface area contributed by atoms with Crippen molar-refractivity contribution < 1.29 is 4.79 Å². The first kappa shape index (κ1) is 13.5. The van der Waals surface area contributed by atoms with Crippen LogP contribution in [-0.2, 0) is 11.2 Å². The second-order valence-corrected chi connectivity index (χ2v) is 5.05. The van der Waals surface area contributed by atoms with Crippen LogP contribution in [0, 0.1) is 0 Å². The summed E-state index contributed by atoms with van der Waals surface area (Å²) in [5.41, 5.74) is 3.12. The van der Waals surface area contributed by atoms with Gasteiger partial charge >= 0.3 is 0 Å². The van der Waals surface area contributed by atoms with E-state index in [4.69, 9.17) is 11.6 Å². The number of benzene rings is 2. The van der Waals surface area contributed by atoms with E-state index >= 15 is 0 Å². The predicted molar refractivity (Wildman–Crippen MR) is 83.3 cm³/mol. The molecule has 0 atom stereocenters. The molecule has 1 amide bonds. The lowest BCUT2D eigenvalue weighted by Gasteiger charge is -2.06. The Bertz CT molecular complexity index is 804. The van der Waals surface area contributed by atoms with Crippen LogP contribution in [0.1, 0.15) is 5.56 Å². The molecule has 104 valence electrons. The van der Waals surface area contributed by atoms with Crippen LogP contribution in [-0.4, -0.2) is 15.9 Å². The molecule has 0 aliphatic carbocycles. The number of fused-ring (bicyclic) bond motifs is 1. The van der Waals surface area contributed by atoms with Crippen molar-refractivity contribution in [1.82, 2.24) is 9.97 Å². The molecule has 5 heteroatoms. The normalized spacial score (nSPS) is 10.5. The number of anilines is 1. The van der Waals surface area contributed by atoms with Gasteiger partial charge in [-0.05, 0) is 35.9 Å². The van der Waals surface area contributed by atoms with Gasteiger partial charge in [-0.25, -0.2) is 0 Å². The molecule has 0 aliphatic rings. The van der Waals surface area contributed by atoms with Crippen molar-refractivity contribution in [3.8, 4) is 0 Å². The molecule has 1 aromatic heterocycles. The topological polar surface area (TPSA) is 54.9 Å². The molecule has 0 unspecified atom stereocenters. The minimum atomic E-state index is -0.0968. The summed E-state index contributed by atoms with van der Waals surface area (Å²) < 4.78 is 0. The summed E-state index contributed by atoms with van der Waals surface area (Å²) in [6, 6.07) is 12.7. The van der Waals surface area contributed by atoms with Gasteiger partial charge in [-0.2, -0.15) is 0 Å². The SMILES string of the molecule is O=C(Cc1cccc(Cl)c1)Nc1ccc2nccnc2c1. The third-order valence-electron chi connectivity index (χ3n) is 3.01. The van der Waals surface area contributed by atoms with Crippen molar-refractivity contribution in [1.29, 1.82) is 0 Å². The summed E-state index contributed by atoms with van der Waals surface area (Å²) in [6.07, 6.45) is 3.54. The van der Waals surface area contributed by atoms with Gasteiger partial charge < -0.3 is 5.32 Å². The lowest BCUT2D eigenvalue weighted by Crippen LogP contribution is -2.14. The number of hydrogen-bond acceptors (Lipinski definition) is 3. The molecular formula is C16H12ClN3O. The molecule has 2 aromatic carbocycles. The standard InChI is InChI=1S/C16H12ClN3O/c17-12-3-1-2-11(8-12)9-16(21)20-13-4-5-14-15(10-13)19-7-6-18-14/h1-8,10H,9H2,(H,20,21). The average Bonchev–Trinajstić information content (AvgIpc) is 2.47. The Kier molecular flexibility index (Phi) is 3.79. The smallest absolute Gasteiger partial charge is 0.228 e. The van der Waals surface area contributed by atoms with Crippen molar-refractivity contribution in [2.45, 2.75) is 6.42 Å². The summed E-state index contributed by atoms with van der Waals surface area (Å²) in [5, 5.41) is 3.48. The maximum atomic E-state index is 12.0. The fourth-order valence-electron chi connectivity index (χ4n) is 2.08. The van der Waals surface area contributed by atoms with E-state index in [-0.39, 0.29) is 12.3 Å². The van der Waals surface area contributed by atoms with E-state index in [1.165, 1.54) is 0 Å². The molecule has 0 saturated carbocycles. The number of rotatable bonds is 3. The number of hydrogen-bond donors (Lipinski definition) is 1. The summed E-state index contributed by atoms with van der Waals surface area (Å²) in [6.45, 7) is 0. The second kappa shape index (κ2) is 5.89. The third kappa shape index (κ3) is 3.35. The van der Waals surface area contributed by atoms with Crippen molar-refractivity contribution in [2.24, 2.45) is 0 Å². The van der Waals surface area contributed by atoms with Crippen molar-refractivity contribution in [3.63, 3.8) is 0 Å². The number of nitrogens with one attached hydrogen (secondary N) is 1. The van der Waals surface area contributed by atoms with Crippen LogP contribution in [0.5, 0.6) is 0 Å². The highest BCUT2D eigenvalue weighted by molar-refractivity contribution is 6.30. The lowest BCUT2D eigenvalue weighted by atomic mass is 10.1. The Morgan fingerprint density at radius 3 is 2.67 bits per heavy atom. The van der Waals surface area contributed by atoms with Crippen LogP contribution in [0.2, 0.25) is 5.02 Å². The molecule has 0 radical (unpaired) electrons. The fraction of sp³-hybridized carbons (Fsp3) is 0.0625. The zero-order chi connectivity index (χ0) is 14.7. The van der Waals surface area contributed by atoms with Crippen LogP contribution < -0.4 is 5.32 Å². The zero-order valence-electron chi connectivity index (χ0n) is 11.1. The van der Waals surface area contributed by atoms with E-state index in [9.17, 15) is 4.79 Å². The van der Waals surface area contributed by atoms with Gasteiger partial charge in [-0.3, -0.25) is 14.8 Å². The summed E-state index contributed by atoms with van der Waals surface area (Å²) in [7, 11) is 0.